The molecule has 2 rings (SSSR count). The van der Waals surface area contributed by atoms with Gasteiger partial charge in [0.05, 0.1) is 0 Å². The number of nitrogens with zero attached hydrogens (tertiary/aromatic N) is 1. The maximum atomic E-state index is 13.3. The molecule has 0 spiro atoms. The Kier molecular flexibility index (Phi) is 4.35. The number of rotatable bonds is 5. The summed E-state index contributed by atoms with van der Waals surface area (Å²) in [4.78, 5) is 2.07. The molecule has 4 heteroatoms. The summed E-state index contributed by atoms with van der Waals surface area (Å²) in [5.41, 5.74) is 8.10. The number of anilines is 1. The van der Waals surface area contributed by atoms with Crippen LogP contribution in [0.1, 0.15) is 18.1 Å². The van der Waals surface area contributed by atoms with Crippen LogP contribution in [0.15, 0.2) is 48.5 Å². The number of nitrogen functional groups attached to an aromatic ring is 1. The molecule has 0 atom stereocenters. The summed E-state index contributed by atoms with van der Waals surface area (Å²) in [6.07, 6.45) is 0. The zero-order valence-electron chi connectivity index (χ0n) is 11.4. The van der Waals surface area contributed by atoms with Gasteiger partial charge in [-0.25, -0.2) is 4.39 Å². The van der Waals surface area contributed by atoms with Crippen molar-refractivity contribution >= 4 is 11.5 Å². The number of nitrogens with one attached hydrogen (secondary N) is 1. The molecule has 2 aromatic carbocycles. The molecular weight excluding hydrogens is 253 g/mol. The van der Waals surface area contributed by atoms with Crippen LogP contribution in [-0.4, -0.2) is 12.4 Å². The summed E-state index contributed by atoms with van der Waals surface area (Å²) in [7, 11) is 0. The van der Waals surface area contributed by atoms with Crippen LogP contribution in [0.3, 0.4) is 0 Å². The number of amidine groups is 1. The lowest BCUT2D eigenvalue weighted by molar-refractivity contribution is 0.626. The van der Waals surface area contributed by atoms with Gasteiger partial charge in [0.25, 0.3) is 0 Å². The van der Waals surface area contributed by atoms with E-state index >= 15 is 0 Å². The second kappa shape index (κ2) is 6.19. The lowest BCUT2D eigenvalue weighted by atomic mass is 10.1. The highest BCUT2D eigenvalue weighted by atomic mass is 19.1. The monoisotopic (exact) mass is 271 g/mol. The summed E-state index contributed by atoms with van der Waals surface area (Å²) in [6.45, 7) is 3.45. The van der Waals surface area contributed by atoms with Gasteiger partial charge in [-0.1, -0.05) is 24.3 Å². The average Bonchev–Trinajstić information content (AvgIpc) is 2.45. The number of benzene rings is 2. The van der Waals surface area contributed by atoms with Gasteiger partial charge in [-0.15, -0.1) is 0 Å². The van der Waals surface area contributed by atoms with E-state index in [1.165, 1.54) is 12.1 Å². The predicted molar refractivity (Wildman–Crippen MR) is 80.6 cm³/mol. The van der Waals surface area contributed by atoms with Gasteiger partial charge in [0.1, 0.15) is 11.7 Å². The molecule has 0 heterocycles. The molecule has 20 heavy (non-hydrogen) atoms. The van der Waals surface area contributed by atoms with Crippen LogP contribution < -0.4 is 10.6 Å². The number of nitrogens with two attached hydrogens (primary N) is 1. The van der Waals surface area contributed by atoms with Crippen LogP contribution in [0.4, 0.5) is 10.1 Å². The van der Waals surface area contributed by atoms with E-state index in [-0.39, 0.29) is 11.7 Å². The third-order valence-electron chi connectivity index (χ3n) is 3.17. The van der Waals surface area contributed by atoms with Gasteiger partial charge in [0.2, 0.25) is 0 Å². The molecule has 0 aromatic heterocycles. The fraction of sp³-hybridized carbons (Fsp3) is 0.188. The van der Waals surface area contributed by atoms with Crippen molar-refractivity contribution in [3.05, 3.63) is 65.5 Å². The van der Waals surface area contributed by atoms with E-state index in [0.29, 0.717) is 12.1 Å². The highest BCUT2D eigenvalue weighted by Gasteiger charge is 2.07. The molecule has 0 bridgehead atoms. The van der Waals surface area contributed by atoms with Crippen LogP contribution >= 0.6 is 0 Å². The average molecular weight is 271 g/mol. The first kappa shape index (κ1) is 14.1. The van der Waals surface area contributed by atoms with Crippen molar-refractivity contribution in [3.8, 4) is 0 Å². The van der Waals surface area contributed by atoms with Crippen molar-refractivity contribution in [2.24, 2.45) is 5.73 Å². The highest BCUT2D eigenvalue weighted by Crippen LogP contribution is 2.18. The van der Waals surface area contributed by atoms with Crippen molar-refractivity contribution in [1.29, 1.82) is 5.41 Å². The van der Waals surface area contributed by atoms with E-state index in [2.05, 4.69) is 4.90 Å². The third kappa shape index (κ3) is 3.35. The van der Waals surface area contributed by atoms with E-state index in [1.54, 1.807) is 6.07 Å². The minimum Gasteiger partial charge on any atom is -0.384 e. The van der Waals surface area contributed by atoms with Gasteiger partial charge in [-0.05, 0) is 36.8 Å². The Hall–Kier alpha value is -2.36. The second-order valence-electron chi connectivity index (χ2n) is 4.61. The van der Waals surface area contributed by atoms with Gasteiger partial charge in [0.15, 0.2) is 0 Å². The Bertz CT molecular complexity index is 610. The third-order valence-corrected chi connectivity index (χ3v) is 3.17. The lowest BCUT2D eigenvalue weighted by Gasteiger charge is -2.23. The van der Waals surface area contributed by atoms with Crippen LogP contribution in [0.25, 0.3) is 0 Å². The fourth-order valence-electron chi connectivity index (χ4n) is 2.12. The molecule has 0 saturated heterocycles. The summed E-state index contributed by atoms with van der Waals surface area (Å²) in [5.74, 6) is -0.181. The van der Waals surface area contributed by atoms with Crippen molar-refractivity contribution in [1.82, 2.24) is 0 Å². The zero-order chi connectivity index (χ0) is 14.5. The number of hydrogen-bond donors (Lipinski definition) is 2. The molecule has 3 nitrogen and oxygen atoms in total. The second-order valence-corrected chi connectivity index (χ2v) is 4.61. The summed E-state index contributed by atoms with van der Waals surface area (Å²) >= 11 is 0. The van der Waals surface area contributed by atoms with E-state index in [0.717, 1.165) is 17.8 Å². The molecule has 0 radical (unpaired) electrons. The first-order valence-electron chi connectivity index (χ1n) is 6.54. The van der Waals surface area contributed by atoms with Crippen LogP contribution in [-0.2, 0) is 6.54 Å². The van der Waals surface area contributed by atoms with Crippen molar-refractivity contribution < 1.29 is 4.39 Å². The number of halogens is 1. The van der Waals surface area contributed by atoms with Crippen molar-refractivity contribution in [2.45, 2.75) is 13.5 Å². The molecule has 0 saturated carbocycles. The van der Waals surface area contributed by atoms with Crippen molar-refractivity contribution in [3.63, 3.8) is 0 Å². The first-order chi connectivity index (χ1) is 9.60. The first-order valence-corrected chi connectivity index (χ1v) is 6.54. The molecule has 104 valence electrons. The fourth-order valence-corrected chi connectivity index (χ4v) is 2.12. The SMILES string of the molecule is CCN(Cc1cccc(C(=N)N)c1)c1cccc(F)c1. The smallest absolute Gasteiger partial charge is 0.125 e. The van der Waals surface area contributed by atoms with Gasteiger partial charge < -0.3 is 10.6 Å². The largest absolute Gasteiger partial charge is 0.384 e. The van der Waals surface area contributed by atoms with Crippen LogP contribution in [0.2, 0.25) is 0 Å². The maximum Gasteiger partial charge on any atom is 0.125 e. The summed E-state index contributed by atoms with van der Waals surface area (Å²) < 4.78 is 13.3. The minimum atomic E-state index is -0.238. The van der Waals surface area contributed by atoms with Gasteiger partial charge in [-0.3, -0.25) is 5.41 Å². The molecular formula is C16H18FN3. The van der Waals surface area contributed by atoms with Gasteiger partial charge >= 0.3 is 0 Å². The van der Waals surface area contributed by atoms with E-state index in [1.807, 2.05) is 37.3 Å². The topological polar surface area (TPSA) is 53.1 Å². The standard InChI is InChI=1S/C16H18FN3/c1-2-20(15-8-4-7-14(17)10-15)11-12-5-3-6-13(9-12)16(18)19/h3-10H,2,11H2,1H3,(H3,18,19). The Balaban J connectivity index is 2.22. The maximum absolute atomic E-state index is 13.3. The molecule has 0 unspecified atom stereocenters. The Labute approximate surface area is 118 Å². The predicted octanol–water partition coefficient (Wildman–Crippen LogP) is 3.14. The molecule has 0 amide bonds. The zero-order valence-corrected chi connectivity index (χ0v) is 11.4. The summed E-state index contributed by atoms with van der Waals surface area (Å²) in [5, 5.41) is 7.47. The molecule has 3 N–H and O–H groups in total. The van der Waals surface area contributed by atoms with E-state index < -0.39 is 0 Å². The van der Waals surface area contributed by atoms with Gasteiger partial charge in [-0.2, -0.15) is 0 Å². The van der Waals surface area contributed by atoms with Crippen LogP contribution in [0.5, 0.6) is 0 Å². The normalized spacial score (nSPS) is 10.3. The van der Waals surface area contributed by atoms with Crippen molar-refractivity contribution in [2.75, 3.05) is 11.4 Å². The lowest BCUT2D eigenvalue weighted by Crippen LogP contribution is -2.22. The number of hydrogen-bond acceptors (Lipinski definition) is 2. The molecule has 0 aliphatic rings. The molecule has 0 aliphatic heterocycles. The Morgan fingerprint density at radius 3 is 2.60 bits per heavy atom. The molecule has 2 aromatic rings. The summed E-state index contributed by atoms with van der Waals surface area (Å²) in [6, 6.07) is 14.1. The Morgan fingerprint density at radius 1 is 1.20 bits per heavy atom. The molecule has 0 fully saturated rings. The molecule has 0 aliphatic carbocycles. The quantitative estimate of drug-likeness (QED) is 0.648. The van der Waals surface area contributed by atoms with Gasteiger partial charge in [0, 0.05) is 24.3 Å². The highest BCUT2D eigenvalue weighted by molar-refractivity contribution is 5.95. The Morgan fingerprint density at radius 2 is 1.95 bits per heavy atom. The van der Waals surface area contributed by atoms with E-state index in [9.17, 15) is 4.39 Å². The van der Waals surface area contributed by atoms with Crippen LogP contribution in [0, 0.1) is 11.2 Å². The minimum absolute atomic E-state index is 0.0562. The van der Waals surface area contributed by atoms with E-state index in [4.69, 9.17) is 11.1 Å².